The molecule has 162 valence electrons. The van der Waals surface area contributed by atoms with Gasteiger partial charge in [0.2, 0.25) is 5.78 Å². The highest BCUT2D eigenvalue weighted by molar-refractivity contribution is 6.30. The average molecular weight is 439 g/mol. The quantitative estimate of drug-likeness (QED) is 0.552. The van der Waals surface area contributed by atoms with Crippen molar-refractivity contribution >= 4 is 35.4 Å². The van der Waals surface area contributed by atoms with Crippen LogP contribution in [0.5, 0.6) is 0 Å². The molecular formula is C24H27ClN4O2. The van der Waals surface area contributed by atoms with Gasteiger partial charge in [0.25, 0.3) is 0 Å². The maximum absolute atomic E-state index is 12.6. The van der Waals surface area contributed by atoms with Crippen LogP contribution in [0.3, 0.4) is 0 Å². The van der Waals surface area contributed by atoms with Crippen molar-refractivity contribution in [3.8, 4) is 0 Å². The summed E-state index contributed by atoms with van der Waals surface area (Å²) in [5.74, 6) is -0.442. The van der Waals surface area contributed by atoms with Gasteiger partial charge in [-0.15, -0.1) is 0 Å². The van der Waals surface area contributed by atoms with Gasteiger partial charge < -0.3 is 15.1 Å². The molecule has 0 amide bonds. The van der Waals surface area contributed by atoms with Crippen LogP contribution in [-0.4, -0.2) is 67.8 Å². The molecule has 2 aliphatic heterocycles. The summed E-state index contributed by atoms with van der Waals surface area (Å²) in [4.78, 5) is 30.7. The molecule has 2 aliphatic rings. The van der Waals surface area contributed by atoms with Crippen LogP contribution < -0.4 is 10.2 Å². The van der Waals surface area contributed by atoms with Crippen LogP contribution in [0.4, 0.5) is 5.69 Å². The lowest BCUT2D eigenvalue weighted by molar-refractivity contribution is -0.132. The minimum atomic E-state index is -0.617. The van der Waals surface area contributed by atoms with Gasteiger partial charge in [0.05, 0.1) is 6.67 Å². The van der Waals surface area contributed by atoms with Crippen LogP contribution in [0, 0.1) is 0 Å². The molecule has 2 heterocycles. The second-order valence-electron chi connectivity index (χ2n) is 8.08. The molecule has 0 aromatic heterocycles. The molecule has 0 spiro atoms. The fourth-order valence-electron chi connectivity index (χ4n) is 4.19. The molecule has 7 heteroatoms. The molecule has 1 atom stereocenters. The molecule has 2 aromatic rings. The van der Waals surface area contributed by atoms with Crippen molar-refractivity contribution < 1.29 is 9.59 Å². The van der Waals surface area contributed by atoms with E-state index in [9.17, 15) is 9.59 Å². The van der Waals surface area contributed by atoms with E-state index in [0.29, 0.717) is 24.5 Å². The number of para-hydroxylation sites is 1. The Bertz CT molecular complexity index is 968. The Morgan fingerprint density at radius 1 is 1.10 bits per heavy atom. The SMILES string of the molecule is CN1CCN(c2ccccc2C=C2NCN(Cc3ccc(Cl)cc3)C2C(=O)C=O)CC1. The summed E-state index contributed by atoms with van der Waals surface area (Å²) in [6, 6.07) is 15.2. The average Bonchev–Trinajstić information content (AvgIpc) is 3.18. The van der Waals surface area contributed by atoms with Gasteiger partial charge in [0.1, 0.15) is 6.04 Å². The zero-order valence-corrected chi connectivity index (χ0v) is 18.4. The second-order valence-corrected chi connectivity index (χ2v) is 8.52. The number of carbonyl (C=O) groups is 2. The van der Waals surface area contributed by atoms with E-state index in [-0.39, 0.29) is 0 Å². The maximum Gasteiger partial charge on any atom is 0.218 e. The fourth-order valence-corrected chi connectivity index (χ4v) is 4.32. The standard InChI is InChI=1S/C24H27ClN4O2/c1-27-10-12-28(13-11-27)22-5-3-2-4-19(22)14-21-24(23(31)16-30)29(17-26-21)15-18-6-8-20(25)9-7-18/h2-9,14,16,24,26H,10-13,15,17H2,1H3. The van der Waals surface area contributed by atoms with Crippen LogP contribution in [-0.2, 0) is 16.1 Å². The van der Waals surface area contributed by atoms with E-state index >= 15 is 0 Å². The summed E-state index contributed by atoms with van der Waals surface area (Å²) < 4.78 is 0. The minimum absolute atomic E-state index is 0.423. The lowest BCUT2D eigenvalue weighted by Gasteiger charge is -2.35. The fraction of sp³-hybridized carbons (Fsp3) is 0.333. The summed E-state index contributed by atoms with van der Waals surface area (Å²) in [7, 11) is 2.14. The Kier molecular flexibility index (Phi) is 6.70. The van der Waals surface area contributed by atoms with Gasteiger partial charge in [-0.25, -0.2) is 0 Å². The Morgan fingerprint density at radius 2 is 1.81 bits per heavy atom. The molecule has 1 N–H and O–H groups in total. The lowest BCUT2D eigenvalue weighted by atomic mass is 10.0. The predicted octanol–water partition coefficient (Wildman–Crippen LogP) is 2.63. The molecule has 2 aromatic carbocycles. The third-order valence-corrected chi connectivity index (χ3v) is 6.17. The molecule has 4 rings (SSSR count). The third kappa shape index (κ3) is 4.98. The van der Waals surface area contributed by atoms with E-state index in [1.165, 1.54) is 0 Å². The van der Waals surface area contributed by atoms with Crippen molar-refractivity contribution in [2.45, 2.75) is 12.6 Å². The molecule has 31 heavy (non-hydrogen) atoms. The van der Waals surface area contributed by atoms with E-state index in [0.717, 1.165) is 48.7 Å². The van der Waals surface area contributed by atoms with Gasteiger partial charge in [-0.05, 0) is 42.4 Å². The molecular weight excluding hydrogens is 412 g/mol. The number of rotatable bonds is 6. The van der Waals surface area contributed by atoms with Gasteiger partial charge in [-0.2, -0.15) is 0 Å². The first-order valence-corrected chi connectivity index (χ1v) is 10.9. The second kappa shape index (κ2) is 9.64. The van der Waals surface area contributed by atoms with E-state index in [2.05, 4.69) is 34.3 Å². The topological polar surface area (TPSA) is 55.9 Å². The maximum atomic E-state index is 12.6. The predicted molar refractivity (Wildman–Crippen MR) is 124 cm³/mol. The van der Waals surface area contributed by atoms with Gasteiger partial charge in [0.15, 0.2) is 6.29 Å². The number of halogens is 1. The van der Waals surface area contributed by atoms with Crippen molar-refractivity contribution in [2.75, 3.05) is 44.8 Å². The molecule has 0 bridgehead atoms. The number of carbonyl (C=O) groups excluding carboxylic acids is 2. The van der Waals surface area contributed by atoms with E-state index in [1.54, 1.807) is 0 Å². The minimum Gasteiger partial charge on any atom is -0.374 e. The number of aldehydes is 1. The number of benzene rings is 2. The van der Waals surface area contributed by atoms with Crippen molar-refractivity contribution in [2.24, 2.45) is 0 Å². The van der Waals surface area contributed by atoms with E-state index in [1.807, 2.05) is 47.4 Å². The summed E-state index contributed by atoms with van der Waals surface area (Å²) >= 11 is 5.99. The van der Waals surface area contributed by atoms with Crippen LogP contribution in [0.1, 0.15) is 11.1 Å². The molecule has 0 aliphatic carbocycles. The zero-order chi connectivity index (χ0) is 21.8. The van der Waals surface area contributed by atoms with Crippen molar-refractivity contribution in [3.63, 3.8) is 0 Å². The first-order valence-electron chi connectivity index (χ1n) is 10.5. The number of nitrogens with zero attached hydrogens (tertiary/aromatic N) is 3. The summed E-state index contributed by atoms with van der Waals surface area (Å²) in [6.45, 7) is 5.00. The van der Waals surface area contributed by atoms with Crippen LogP contribution in [0.2, 0.25) is 5.02 Å². The highest BCUT2D eigenvalue weighted by Gasteiger charge is 2.34. The largest absolute Gasteiger partial charge is 0.374 e. The normalized spacial score (nSPS) is 21.3. The van der Waals surface area contributed by atoms with Gasteiger partial charge in [0, 0.05) is 49.1 Å². The van der Waals surface area contributed by atoms with E-state index < -0.39 is 11.8 Å². The first kappa shape index (κ1) is 21.6. The third-order valence-electron chi connectivity index (χ3n) is 5.92. The van der Waals surface area contributed by atoms with Gasteiger partial charge >= 0.3 is 0 Å². The number of piperazine rings is 1. The van der Waals surface area contributed by atoms with Crippen LogP contribution >= 0.6 is 11.6 Å². The van der Waals surface area contributed by atoms with Crippen LogP contribution in [0.15, 0.2) is 54.2 Å². The highest BCUT2D eigenvalue weighted by Crippen LogP contribution is 2.27. The van der Waals surface area contributed by atoms with Crippen molar-refractivity contribution in [1.29, 1.82) is 0 Å². The number of nitrogens with one attached hydrogen (secondary N) is 1. The number of Topliss-reactive ketones (excluding diaryl/α,β-unsaturated/α-hetero) is 1. The number of ketones is 1. The summed E-state index contributed by atoms with van der Waals surface area (Å²) in [5, 5.41) is 4.02. The molecule has 0 saturated carbocycles. The van der Waals surface area contributed by atoms with Crippen LogP contribution in [0.25, 0.3) is 6.08 Å². The van der Waals surface area contributed by atoms with Crippen molar-refractivity contribution in [1.82, 2.24) is 15.1 Å². The molecule has 1 unspecified atom stereocenters. The summed E-state index contributed by atoms with van der Waals surface area (Å²) in [6.07, 6.45) is 2.44. The van der Waals surface area contributed by atoms with Gasteiger partial charge in [-0.3, -0.25) is 14.5 Å². The lowest BCUT2D eigenvalue weighted by Crippen LogP contribution is -2.44. The van der Waals surface area contributed by atoms with E-state index in [4.69, 9.17) is 11.6 Å². The number of hydrogen-bond donors (Lipinski definition) is 1. The molecule has 6 nitrogen and oxygen atoms in total. The highest BCUT2D eigenvalue weighted by atomic mass is 35.5. The Balaban J connectivity index is 1.60. The molecule has 0 radical (unpaired) electrons. The Hall–Kier alpha value is -2.67. The molecule has 2 fully saturated rings. The number of anilines is 1. The first-order chi connectivity index (χ1) is 15.0. The van der Waals surface area contributed by atoms with Gasteiger partial charge in [-0.1, -0.05) is 41.9 Å². The zero-order valence-electron chi connectivity index (χ0n) is 17.6. The van der Waals surface area contributed by atoms with Crippen molar-refractivity contribution in [3.05, 3.63) is 70.4 Å². The Morgan fingerprint density at radius 3 is 2.52 bits per heavy atom. The number of hydrogen-bond acceptors (Lipinski definition) is 6. The Labute approximate surface area is 188 Å². The summed E-state index contributed by atoms with van der Waals surface area (Å²) in [5.41, 5.74) is 3.99. The molecule has 2 saturated heterocycles. The number of likely N-dealkylation sites (N-methyl/N-ethyl adjacent to an activating group) is 1. The monoisotopic (exact) mass is 438 g/mol. The smallest absolute Gasteiger partial charge is 0.218 e.